The number of fused-ring (bicyclic) bond motifs is 1. The highest BCUT2D eigenvalue weighted by molar-refractivity contribution is 6.53. The Hall–Kier alpha value is -1.66. The summed E-state index contributed by atoms with van der Waals surface area (Å²) in [4.78, 5) is 24.1. The third-order valence-electron chi connectivity index (χ3n) is 5.48. The van der Waals surface area contributed by atoms with Crippen LogP contribution in [0.15, 0.2) is 18.2 Å². The van der Waals surface area contributed by atoms with Crippen molar-refractivity contribution in [1.29, 1.82) is 0 Å². The van der Waals surface area contributed by atoms with Gasteiger partial charge in [0.05, 0.1) is 0 Å². The molecule has 1 spiro atoms. The molecule has 0 aromatic heterocycles. The zero-order chi connectivity index (χ0) is 19.3. The lowest BCUT2D eigenvalue weighted by Crippen LogP contribution is -2.40. The van der Waals surface area contributed by atoms with Crippen molar-refractivity contribution in [1.82, 2.24) is 0 Å². The van der Waals surface area contributed by atoms with Gasteiger partial charge in [-0.15, -0.1) is 23.2 Å². The molecule has 6 nitrogen and oxygen atoms in total. The maximum absolute atomic E-state index is 12.1. The molecule has 3 aliphatic rings. The number of hydrogen-bond donors (Lipinski definition) is 1. The maximum atomic E-state index is 12.1. The van der Waals surface area contributed by atoms with Gasteiger partial charge in [0.25, 0.3) is 11.7 Å². The number of nitrogens with one attached hydrogen (secondary N) is 1. The molecular weight excluding hydrogens is 393 g/mol. The second-order valence-corrected chi connectivity index (χ2v) is 9.16. The van der Waals surface area contributed by atoms with E-state index >= 15 is 0 Å². The number of esters is 1. The van der Waals surface area contributed by atoms with Crippen LogP contribution in [0.3, 0.4) is 0 Å². The van der Waals surface area contributed by atoms with Gasteiger partial charge in [0.15, 0.2) is 18.1 Å². The molecule has 2 saturated carbocycles. The van der Waals surface area contributed by atoms with Gasteiger partial charge in [0, 0.05) is 31.0 Å². The van der Waals surface area contributed by atoms with Gasteiger partial charge in [0.2, 0.25) is 0 Å². The Morgan fingerprint density at radius 1 is 1.15 bits per heavy atom. The maximum Gasteiger partial charge on any atom is 0.315 e. The van der Waals surface area contributed by atoms with Gasteiger partial charge in [-0.25, -0.2) is 0 Å². The Morgan fingerprint density at radius 3 is 2.48 bits per heavy atom. The second-order valence-electron chi connectivity index (χ2n) is 7.67. The van der Waals surface area contributed by atoms with Crippen molar-refractivity contribution >= 4 is 40.8 Å². The van der Waals surface area contributed by atoms with Crippen molar-refractivity contribution in [2.75, 3.05) is 11.9 Å². The summed E-state index contributed by atoms with van der Waals surface area (Å²) in [7, 11) is 0. The lowest BCUT2D eigenvalue weighted by atomic mass is 9.94. The van der Waals surface area contributed by atoms with Gasteiger partial charge >= 0.3 is 5.97 Å². The molecule has 4 rings (SSSR count). The van der Waals surface area contributed by atoms with E-state index in [1.54, 1.807) is 25.1 Å². The minimum atomic E-state index is -1.12. The molecule has 1 atom stereocenters. The van der Waals surface area contributed by atoms with Crippen molar-refractivity contribution in [3.8, 4) is 11.5 Å². The van der Waals surface area contributed by atoms with Gasteiger partial charge in [-0.1, -0.05) is 6.42 Å². The van der Waals surface area contributed by atoms with Gasteiger partial charge in [-0.3, -0.25) is 9.59 Å². The molecule has 1 N–H and O–H groups in total. The van der Waals surface area contributed by atoms with Crippen LogP contribution in [-0.4, -0.2) is 28.6 Å². The largest absolute Gasteiger partial charge is 0.455 e. The Labute approximate surface area is 167 Å². The monoisotopic (exact) mass is 413 g/mol. The van der Waals surface area contributed by atoms with Gasteiger partial charge in [-0.05, 0) is 31.9 Å². The van der Waals surface area contributed by atoms with Crippen LogP contribution >= 0.6 is 23.2 Å². The average molecular weight is 414 g/mol. The third-order valence-corrected chi connectivity index (χ3v) is 6.58. The molecule has 1 amide bonds. The minimum Gasteiger partial charge on any atom is -0.455 e. The van der Waals surface area contributed by atoms with Crippen LogP contribution in [0.25, 0.3) is 0 Å². The molecule has 2 aliphatic carbocycles. The highest BCUT2D eigenvalue weighted by atomic mass is 35.5. The number of carbonyl (C=O) groups excluding carboxylic acids is 2. The van der Waals surface area contributed by atoms with Crippen molar-refractivity contribution in [2.24, 2.45) is 5.41 Å². The summed E-state index contributed by atoms with van der Waals surface area (Å²) in [6, 6.07) is 5.23. The van der Waals surface area contributed by atoms with Crippen LogP contribution in [0.5, 0.6) is 11.5 Å². The van der Waals surface area contributed by atoms with Gasteiger partial charge < -0.3 is 19.5 Å². The molecule has 0 bridgehead atoms. The first-order chi connectivity index (χ1) is 12.7. The van der Waals surface area contributed by atoms with Gasteiger partial charge in [-0.2, -0.15) is 0 Å². The Morgan fingerprint density at radius 2 is 1.81 bits per heavy atom. The average Bonchev–Trinajstić information content (AvgIpc) is 2.96. The first-order valence-electron chi connectivity index (χ1n) is 9.10. The van der Waals surface area contributed by atoms with E-state index in [1.807, 2.05) is 0 Å². The minimum absolute atomic E-state index is 0.313. The Bertz CT molecular complexity index is 790. The van der Waals surface area contributed by atoms with Crippen LogP contribution < -0.4 is 14.8 Å². The fourth-order valence-corrected chi connectivity index (χ4v) is 4.26. The van der Waals surface area contributed by atoms with E-state index < -0.39 is 34.0 Å². The van der Waals surface area contributed by atoms with Crippen molar-refractivity contribution in [3.05, 3.63) is 18.2 Å². The number of benzene rings is 1. The van der Waals surface area contributed by atoms with Crippen LogP contribution in [0, 0.1) is 5.41 Å². The molecule has 0 radical (unpaired) electrons. The number of hydrogen-bond acceptors (Lipinski definition) is 5. The first-order valence-corrected chi connectivity index (χ1v) is 9.86. The quantitative estimate of drug-likeness (QED) is 0.591. The van der Waals surface area contributed by atoms with Crippen LogP contribution in [0.2, 0.25) is 0 Å². The molecule has 2 fully saturated rings. The van der Waals surface area contributed by atoms with Crippen molar-refractivity contribution < 1.29 is 23.8 Å². The summed E-state index contributed by atoms with van der Waals surface area (Å²) >= 11 is 11.9. The summed E-state index contributed by atoms with van der Waals surface area (Å²) in [5.74, 6) is -0.287. The lowest BCUT2D eigenvalue weighted by molar-refractivity contribution is -0.152. The number of ether oxygens (including phenoxy) is 3. The normalized spacial score (nSPS) is 26.5. The molecule has 0 saturated heterocycles. The molecule has 146 valence electrons. The van der Waals surface area contributed by atoms with E-state index in [0.29, 0.717) is 23.6 Å². The van der Waals surface area contributed by atoms with Crippen molar-refractivity contribution in [2.45, 2.75) is 55.6 Å². The number of alkyl halides is 2. The van der Waals surface area contributed by atoms with E-state index in [1.165, 1.54) is 6.42 Å². The SMILES string of the molecule is C[C@]1(C(=O)OCC(=O)Nc2ccc3c(c2)OC2(CCCCC2)O3)CC1(Cl)Cl. The predicted molar refractivity (Wildman–Crippen MR) is 100 cm³/mol. The van der Waals surface area contributed by atoms with Crippen LogP contribution in [-0.2, 0) is 14.3 Å². The standard InChI is InChI=1S/C19H21Cl2NO5/c1-17(11-19(17,20)21)16(24)25-10-15(23)22-12-5-6-13-14(9-12)27-18(26-13)7-3-2-4-8-18/h5-6,9H,2-4,7-8,10-11H2,1H3,(H,22,23)/t17-/m1/s1. The topological polar surface area (TPSA) is 73.9 Å². The molecule has 1 aromatic carbocycles. The molecule has 8 heteroatoms. The van der Waals surface area contributed by atoms with E-state index in [2.05, 4.69) is 5.32 Å². The number of amides is 1. The third kappa shape index (κ3) is 3.45. The molecule has 1 aromatic rings. The Balaban J connectivity index is 1.33. The van der Waals surface area contributed by atoms with Crippen molar-refractivity contribution in [3.63, 3.8) is 0 Å². The fraction of sp³-hybridized carbons (Fsp3) is 0.579. The van der Waals surface area contributed by atoms with Gasteiger partial charge in [0.1, 0.15) is 9.75 Å². The van der Waals surface area contributed by atoms with Crippen LogP contribution in [0.4, 0.5) is 5.69 Å². The predicted octanol–water partition coefficient (Wildman–Crippen LogP) is 4.18. The summed E-state index contributed by atoms with van der Waals surface area (Å²) < 4.78 is 16.0. The smallest absolute Gasteiger partial charge is 0.315 e. The van der Waals surface area contributed by atoms with E-state index in [4.69, 9.17) is 37.4 Å². The van der Waals surface area contributed by atoms with E-state index in [9.17, 15) is 9.59 Å². The van der Waals surface area contributed by atoms with E-state index in [-0.39, 0.29) is 0 Å². The number of halogens is 2. The molecule has 27 heavy (non-hydrogen) atoms. The zero-order valence-corrected chi connectivity index (χ0v) is 16.5. The van der Waals surface area contributed by atoms with Crippen LogP contribution in [0.1, 0.15) is 45.4 Å². The molecule has 0 unspecified atom stereocenters. The lowest BCUT2D eigenvalue weighted by Gasteiger charge is -2.31. The number of anilines is 1. The summed E-state index contributed by atoms with van der Waals surface area (Å²) in [5, 5.41) is 2.69. The zero-order valence-electron chi connectivity index (χ0n) is 15.0. The molecule has 1 aliphatic heterocycles. The fourth-order valence-electron chi connectivity index (χ4n) is 3.57. The highest BCUT2D eigenvalue weighted by Crippen LogP contribution is 2.64. The van der Waals surface area contributed by atoms with E-state index in [0.717, 1.165) is 25.7 Å². The molecular formula is C19H21Cl2NO5. The summed E-state index contributed by atoms with van der Waals surface area (Å²) in [6.07, 6.45) is 5.38. The molecule has 1 heterocycles. The summed E-state index contributed by atoms with van der Waals surface area (Å²) in [6.45, 7) is 1.21. The highest BCUT2D eigenvalue weighted by Gasteiger charge is 2.69. The summed E-state index contributed by atoms with van der Waals surface area (Å²) in [5.41, 5.74) is -0.406. The Kier molecular flexibility index (Phi) is 4.47. The number of carbonyl (C=O) groups is 2. The second kappa shape index (κ2) is 6.45. The first kappa shape index (κ1) is 18.7. The number of rotatable bonds is 4.